The Kier molecular flexibility index (Phi) is 5.19. The second-order valence-electron chi connectivity index (χ2n) is 5.09. The molecular formula is C18H19N5O. The number of nitrogens with one attached hydrogen (secondary N) is 2. The first kappa shape index (κ1) is 15.7. The van der Waals surface area contributed by atoms with Crippen molar-refractivity contribution in [2.24, 2.45) is 0 Å². The lowest BCUT2D eigenvalue weighted by Crippen LogP contribution is -2.03. The van der Waals surface area contributed by atoms with E-state index < -0.39 is 0 Å². The first-order valence-corrected chi connectivity index (χ1v) is 7.78. The molecule has 3 aromatic rings. The standard InChI is InChI=1S/C18H19N5O/c1-2-24-16-7-5-15(6-8-16)23-18-10-17(21-13-22-18)20-12-14-4-3-9-19-11-14/h3-11,13H,2,12H2,1H3,(H2,20,21,22,23). The third-order valence-corrected chi connectivity index (χ3v) is 3.30. The van der Waals surface area contributed by atoms with E-state index in [9.17, 15) is 0 Å². The molecule has 6 heteroatoms. The summed E-state index contributed by atoms with van der Waals surface area (Å²) in [4.78, 5) is 12.6. The van der Waals surface area contributed by atoms with Crippen LogP contribution in [-0.2, 0) is 6.54 Å². The van der Waals surface area contributed by atoms with Gasteiger partial charge in [-0.15, -0.1) is 0 Å². The molecule has 122 valence electrons. The molecule has 0 radical (unpaired) electrons. The predicted molar refractivity (Wildman–Crippen MR) is 94.5 cm³/mol. The lowest BCUT2D eigenvalue weighted by Gasteiger charge is -2.09. The number of hydrogen-bond acceptors (Lipinski definition) is 6. The molecule has 2 heterocycles. The highest BCUT2D eigenvalue weighted by Crippen LogP contribution is 2.20. The molecule has 0 bridgehead atoms. The molecule has 0 saturated heterocycles. The lowest BCUT2D eigenvalue weighted by molar-refractivity contribution is 0.340. The van der Waals surface area contributed by atoms with Gasteiger partial charge < -0.3 is 15.4 Å². The molecular weight excluding hydrogens is 302 g/mol. The van der Waals surface area contributed by atoms with Crippen molar-refractivity contribution in [1.82, 2.24) is 15.0 Å². The van der Waals surface area contributed by atoms with E-state index >= 15 is 0 Å². The van der Waals surface area contributed by atoms with Crippen LogP contribution < -0.4 is 15.4 Å². The second kappa shape index (κ2) is 7.92. The van der Waals surface area contributed by atoms with E-state index in [4.69, 9.17) is 4.74 Å². The predicted octanol–water partition coefficient (Wildman–Crippen LogP) is 3.63. The summed E-state index contributed by atoms with van der Waals surface area (Å²) in [5.41, 5.74) is 2.03. The van der Waals surface area contributed by atoms with Crippen molar-refractivity contribution in [3.63, 3.8) is 0 Å². The van der Waals surface area contributed by atoms with E-state index in [1.807, 2.05) is 55.6 Å². The van der Waals surface area contributed by atoms with E-state index in [0.717, 1.165) is 28.6 Å². The molecule has 2 aromatic heterocycles. The van der Waals surface area contributed by atoms with Crippen molar-refractivity contribution >= 4 is 17.3 Å². The summed E-state index contributed by atoms with van der Waals surface area (Å²) in [7, 11) is 0. The molecule has 0 spiro atoms. The zero-order valence-electron chi connectivity index (χ0n) is 13.4. The number of aromatic nitrogens is 3. The Morgan fingerprint density at radius 2 is 1.88 bits per heavy atom. The summed E-state index contributed by atoms with van der Waals surface area (Å²) in [5.74, 6) is 2.33. The third kappa shape index (κ3) is 4.42. The number of benzene rings is 1. The van der Waals surface area contributed by atoms with Gasteiger partial charge in [-0.2, -0.15) is 0 Å². The molecule has 0 amide bonds. The van der Waals surface area contributed by atoms with Gasteiger partial charge in [0.05, 0.1) is 6.61 Å². The van der Waals surface area contributed by atoms with Gasteiger partial charge >= 0.3 is 0 Å². The van der Waals surface area contributed by atoms with Crippen LogP contribution in [-0.4, -0.2) is 21.6 Å². The molecule has 0 saturated carbocycles. The Bertz CT molecular complexity index is 762. The lowest BCUT2D eigenvalue weighted by atomic mass is 10.3. The highest BCUT2D eigenvalue weighted by molar-refractivity contribution is 5.59. The van der Waals surface area contributed by atoms with Gasteiger partial charge in [0.2, 0.25) is 0 Å². The summed E-state index contributed by atoms with van der Waals surface area (Å²) in [6, 6.07) is 13.6. The maximum Gasteiger partial charge on any atom is 0.135 e. The van der Waals surface area contributed by atoms with Gasteiger partial charge in [0.25, 0.3) is 0 Å². The van der Waals surface area contributed by atoms with Crippen LogP contribution in [0.3, 0.4) is 0 Å². The van der Waals surface area contributed by atoms with Gasteiger partial charge in [-0.3, -0.25) is 4.98 Å². The van der Waals surface area contributed by atoms with Gasteiger partial charge in [0.15, 0.2) is 0 Å². The minimum absolute atomic E-state index is 0.657. The fourth-order valence-electron chi connectivity index (χ4n) is 2.17. The maximum absolute atomic E-state index is 5.44. The van der Waals surface area contributed by atoms with Crippen LogP contribution in [0.2, 0.25) is 0 Å². The fourth-order valence-corrected chi connectivity index (χ4v) is 2.17. The van der Waals surface area contributed by atoms with E-state index in [1.54, 1.807) is 6.20 Å². The molecule has 0 aliphatic carbocycles. The first-order valence-electron chi connectivity index (χ1n) is 7.78. The van der Waals surface area contributed by atoms with E-state index in [0.29, 0.717) is 13.2 Å². The van der Waals surface area contributed by atoms with E-state index in [1.165, 1.54) is 6.33 Å². The fraction of sp³-hybridized carbons (Fsp3) is 0.167. The highest BCUT2D eigenvalue weighted by Gasteiger charge is 2.01. The molecule has 1 aromatic carbocycles. The van der Waals surface area contributed by atoms with Gasteiger partial charge in [-0.25, -0.2) is 9.97 Å². The minimum atomic E-state index is 0.657. The van der Waals surface area contributed by atoms with Crippen molar-refractivity contribution in [3.8, 4) is 5.75 Å². The average Bonchev–Trinajstić information content (AvgIpc) is 2.63. The molecule has 24 heavy (non-hydrogen) atoms. The van der Waals surface area contributed by atoms with Crippen LogP contribution in [0.5, 0.6) is 5.75 Å². The van der Waals surface area contributed by atoms with Crippen LogP contribution in [0.1, 0.15) is 12.5 Å². The molecule has 0 atom stereocenters. The highest BCUT2D eigenvalue weighted by atomic mass is 16.5. The zero-order chi connectivity index (χ0) is 16.6. The van der Waals surface area contributed by atoms with Crippen LogP contribution in [0.4, 0.5) is 17.3 Å². The molecule has 0 fully saturated rings. The Labute approximate surface area is 141 Å². The Morgan fingerprint density at radius 1 is 1.04 bits per heavy atom. The van der Waals surface area contributed by atoms with Gasteiger partial charge in [-0.1, -0.05) is 6.07 Å². The van der Waals surface area contributed by atoms with Crippen molar-refractivity contribution in [2.75, 3.05) is 17.2 Å². The van der Waals surface area contributed by atoms with Crippen LogP contribution in [0.15, 0.2) is 61.2 Å². The Balaban J connectivity index is 1.62. The number of ether oxygens (including phenoxy) is 1. The number of pyridine rings is 1. The average molecular weight is 321 g/mol. The number of anilines is 3. The molecule has 2 N–H and O–H groups in total. The van der Waals surface area contributed by atoms with Crippen molar-refractivity contribution in [1.29, 1.82) is 0 Å². The van der Waals surface area contributed by atoms with Gasteiger partial charge in [0.1, 0.15) is 23.7 Å². The largest absolute Gasteiger partial charge is 0.494 e. The van der Waals surface area contributed by atoms with Crippen molar-refractivity contribution < 1.29 is 4.74 Å². The third-order valence-electron chi connectivity index (χ3n) is 3.30. The molecule has 0 unspecified atom stereocenters. The van der Waals surface area contributed by atoms with Crippen molar-refractivity contribution in [2.45, 2.75) is 13.5 Å². The Hall–Kier alpha value is -3.15. The summed E-state index contributed by atoms with van der Waals surface area (Å²) < 4.78 is 5.44. The molecule has 0 aliphatic heterocycles. The van der Waals surface area contributed by atoms with Crippen LogP contribution in [0.25, 0.3) is 0 Å². The number of nitrogens with zero attached hydrogens (tertiary/aromatic N) is 3. The van der Waals surface area contributed by atoms with Gasteiger partial charge in [0, 0.05) is 30.7 Å². The first-order chi connectivity index (χ1) is 11.8. The van der Waals surface area contributed by atoms with E-state index in [2.05, 4.69) is 25.6 Å². The number of rotatable bonds is 7. The SMILES string of the molecule is CCOc1ccc(Nc2cc(NCc3cccnc3)ncn2)cc1. The second-order valence-corrected chi connectivity index (χ2v) is 5.09. The van der Waals surface area contributed by atoms with Crippen molar-refractivity contribution in [3.05, 3.63) is 66.7 Å². The topological polar surface area (TPSA) is 72.0 Å². The quantitative estimate of drug-likeness (QED) is 0.692. The molecule has 6 nitrogen and oxygen atoms in total. The van der Waals surface area contributed by atoms with Gasteiger partial charge in [-0.05, 0) is 42.8 Å². The van der Waals surface area contributed by atoms with E-state index in [-0.39, 0.29) is 0 Å². The maximum atomic E-state index is 5.44. The molecule has 3 rings (SSSR count). The zero-order valence-corrected chi connectivity index (χ0v) is 13.4. The Morgan fingerprint density at radius 3 is 2.62 bits per heavy atom. The normalized spacial score (nSPS) is 10.2. The summed E-state index contributed by atoms with van der Waals surface area (Å²) >= 11 is 0. The number of hydrogen-bond donors (Lipinski definition) is 2. The van der Waals surface area contributed by atoms with Crippen LogP contribution >= 0.6 is 0 Å². The summed E-state index contributed by atoms with van der Waals surface area (Å²) in [6.45, 7) is 3.28. The van der Waals surface area contributed by atoms with Crippen LogP contribution in [0, 0.1) is 0 Å². The summed E-state index contributed by atoms with van der Waals surface area (Å²) in [5, 5.41) is 6.51. The smallest absolute Gasteiger partial charge is 0.135 e. The summed E-state index contributed by atoms with van der Waals surface area (Å²) in [6.07, 6.45) is 5.11. The minimum Gasteiger partial charge on any atom is -0.494 e. The monoisotopic (exact) mass is 321 g/mol. The molecule has 0 aliphatic rings.